The molecule has 0 bridgehead atoms. The summed E-state index contributed by atoms with van der Waals surface area (Å²) >= 11 is 10.3. The molecule has 1 aliphatic heterocycles. The topological polar surface area (TPSA) is 51.7 Å². The third-order valence-corrected chi connectivity index (χ3v) is 10.3. The predicted molar refractivity (Wildman–Crippen MR) is 166 cm³/mol. The number of thiophene rings is 1. The number of esters is 1. The molecule has 0 amide bonds. The first-order valence-corrected chi connectivity index (χ1v) is 16.0. The van der Waals surface area contributed by atoms with Crippen LogP contribution in [0.3, 0.4) is 0 Å². The maximum atomic E-state index is 13.7. The van der Waals surface area contributed by atoms with Crippen LogP contribution in [-0.4, -0.2) is 48.4 Å². The molecule has 5 nitrogen and oxygen atoms in total. The van der Waals surface area contributed by atoms with Crippen molar-refractivity contribution in [2.75, 3.05) is 32.5 Å². The Hall–Kier alpha value is -2.58. The molecule has 0 spiro atoms. The second kappa shape index (κ2) is 13.9. The summed E-state index contributed by atoms with van der Waals surface area (Å²) in [5.41, 5.74) is 2.48. The molecule has 0 aliphatic carbocycles. The van der Waals surface area contributed by atoms with Crippen LogP contribution in [0.15, 0.2) is 76.4 Å². The van der Waals surface area contributed by atoms with Crippen molar-refractivity contribution in [2.45, 2.75) is 42.9 Å². The molecule has 8 heteroatoms. The number of methoxy groups -OCH3 is 1. The molecule has 5 rings (SSSR count). The highest BCUT2D eigenvalue weighted by Gasteiger charge is 2.42. The number of ether oxygens (including phenoxy) is 2. The quantitative estimate of drug-likeness (QED) is 0.123. The smallest absolute Gasteiger partial charge is 0.312 e. The van der Waals surface area contributed by atoms with Gasteiger partial charge >= 0.3 is 5.97 Å². The van der Waals surface area contributed by atoms with Crippen LogP contribution in [0.4, 0.5) is 0 Å². The summed E-state index contributed by atoms with van der Waals surface area (Å²) in [6.07, 6.45) is 5.71. The van der Waals surface area contributed by atoms with E-state index >= 15 is 0 Å². The number of carbonyl (C=O) groups is 1. The summed E-state index contributed by atoms with van der Waals surface area (Å²) in [7, 11) is 1.66. The molecule has 0 atom stereocenters. The van der Waals surface area contributed by atoms with Crippen LogP contribution in [0.25, 0.3) is 10.9 Å². The van der Waals surface area contributed by atoms with Crippen molar-refractivity contribution in [3.8, 4) is 5.75 Å². The number of aromatic nitrogens is 1. The Morgan fingerprint density at radius 2 is 1.95 bits per heavy atom. The number of rotatable bonds is 12. The maximum absolute atomic E-state index is 13.7. The predicted octanol–water partition coefficient (Wildman–Crippen LogP) is 7.90. The van der Waals surface area contributed by atoms with Crippen molar-refractivity contribution < 1.29 is 14.3 Å². The zero-order valence-electron chi connectivity index (χ0n) is 22.8. The summed E-state index contributed by atoms with van der Waals surface area (Å²) in [6, 6.07) is 20.1. The Morgan fingerprint density at radius 1 is 1.12 bits per heavy atom. The summed E-state index contributed by atoms with van der Waals surface area (Å²) in [6.45, 7) is 3.14. The molecule has 0 unspecified atom stereocenters. The van der Waals surface area contributed by atoms with E-state index in [0.717, 1.165) is 85.3 Å². The molecule has 2 aromatic carbocycles. The van der Waals surface area contributed by atoms with Gasteiger partial charge in [-0.25, -0.2) is 0 Å². The summed E-state index contributed by atoms with van der Waals surface area (Å²) < 4.78 is 12.8. The van der Waals surface area contributed by atoms with Gasteiger partial charge in [0.15, 0.2) is 0 Å². The highest BCUT2D eigenvalue weighted by Crippen LogP contribution is 2.39. The first-order valence-electron chi connectivity index (χ1n) is 13.8. The molecule has 40 heavy (non-hydrogen) atoms. The van der Waals surface area contributed by atoms with Crippen molar-refractivity contribution in [1.82, 2.24) is 9.88 Å². The van der Waals surface area contributed by atoms with Gasteiger partial charge in [-0.15, -0.1) is 23.1 Å². The SMILES string of the molecule is COc1ccc2ncc(Cl)c(CCCC3(C(=O)OCc4ccccc4)CCN(CCSc4cccs4)CC3)c2c1. The number of nitrogens with zero attached hydrogens (tertiary/aromatic N) is 2. The molecule has 1 aliphatic rings. The van der Waals surface area contributed by atoms with Crippen LogP contribution in [0.2, 0.25) is 5.02 Å². The lowest BCUT2D eigenvalue weighted by atomic mass is 9.74. The Labute approximate surface area is 249 Å². The van der Waals surface area contributed by atoms with E-state index in [2.05, 4.69) is 27.4 Å². The molecule has 2 aromatic heterocycles. The lowest BCUT2D eigenvalue weighted by Crippen LogP contribution is -2.45. The zero-order chi connectivity index (χ0) is 27.8. The molecule has 3 heterocycles. The van der Waals surface area contributed by atoms with Gasteiger partial charge in [0.05, 0.1) is 27.3 Å². The number of fused-ring (bicyclic) bond motifs is 1. The van der Waals surface area contributed by atoms with E-state index in [0.29, 0.717) is 11.6 Å². The van der Waals surface area contributed by atoms with Crippen molar-refractivity contribution in [2.24, 2.45) is 5.41 Å². The molecule has 210 valence electrons. The maximum Gasteiger partial charge on any atom is 0.312 e. The molecule has 0 N–H and O–H groups in total. The Morgan fingerprint density at radius 3 is 2.70 bits per heavy atom. The van der Waals surface area contributed by atoms with Crippen LogP contribution in [0, 0.1) is 5.41 Å². The molecular weight excluding hydrogens is 560 g/mol. The molecule has 1 fully saturated rings. The van der Waals surface area contributed by atoms with E-state index in [1.54, 1.807) is 24.6 Å². The van der Waals surface area contributed by atoms with Gasteiger partial charge in [-0.1, -0.05) is 48.0 Å². The normalized spacial score (nSPS) is 15.2. The number of aryl methyl sites for hydroxylation is 1. The van der Waals surface area contributed by atoms with Crippen LogP contribution in [0.5, 0.6) is 5.75 Å². The van der Waals surface area contributed by atoms with Gasteiger partial charge in [-0.3, -0.25) is 9.78 Å². The van der Waals surface area contributed by atoms with Crippen molar-refractivity contribution in [1.29, 1.82) is 0 Å². The number of benzene rings is 2. The number of carbonyl (C=O) groups excluding carboxylic acids is 1. The van der Waals surface area contributed by atoms with E-state index < -0.39 is 5.41 Å². The molecular formula is C32H35ClN2O3S2. The minimum absolute atomic E-state index is 0.0729. The summed E-state index contributed by atoms with van der Waals surface area (Å²) in [4.78, 5) is 20.7. The number of thioether (sulfide) groups is 1. The van der Waals surface area contributed by atoms with Gasteiger partial charge in [-0.05, 0) is 86.0 Å². The van der Waals surface area contributed by atoms with Crippen molar-refractivity contribution in [3.63, 3.8) is 0 Å². The zero-order valence-corrected chi connectivity index (χ0v) is 25.2. The monoisotopic (exact) mass is 594 g/mol. The molecule has 0 saturated carbocycles. The number of hydrogen-bond acceptors (Lipinski definition) is 7. The fourth-order valence-electron chi connectivity index (χ4n) is 5.44. The third kappa shape index (κ3) is 7.19. The average molecular weight is 595 g/mol. The van der Waals surface area contributed by atoms with E-state index in [4.69, 9.17) is 21.1 Å². The molecule has 4 aromatic rings. The van der Waals surface area contributed by atoms with E-state index in [1.807, 2.05) is 60.3 Å². The van der Waals surface area contributed by atoms with E-state index in [9.17, 15) is 4.79 Å². The Balaban J connectivity index is 1.25. The number of hydrogen-bond donors (Lipinski definition) is 0. The minimum Gasteiger partial charge on any atom is -0.497 e. The Bertz CT molecular complexity index is 1390. The minimum atomic E-state index is -0.487. The van der Waals surface area contributed by atoms with Gasteiger partial charge in [0, 0.05) is 23.9 Å². The van der Waals surface area contributed by atoms with Crippen LogP contribution < -0.4 is 4.74 Å². The van der Waals surface area contributed by atoms with Crippen molar-refractivity contribution >= 4 is 51.6 Å². The Kier molecular flexibility index (Phi) is 10.0. The third-order valence-electron chi connectivity index (χ3n) is 7.82. The molecule has 1 saturated heterocycles. The molecule has 0 radical (unpaired) electrons. The van der Waals surface area contributed by atoms with Crippen LogP contribution >= 0.6 is 34.7 Å². The van der Waals surface area contributed by atoms with Gasteiger partial charge in [-0.2, -0.15) is 0 Å². The summed E-state index contributed by atoms with van der Waals surface area (Å²) in [5, 5.41) is 3.78. The standard InChI is InChI=1S/C32H35ClN2O3S2/c1-37-25-11-12-29-27(21-25)26(28(33)22-34-29)9-5-13-32(31(36)38-23-24-7-3-2-4-8-24)14-16-35(17-15-32)18-20-40-30-10-6-19-39-30/h2-4,6-8,10-12,19,21-22H,5,9,13-18,20,23H2,1H3. The fraction of sp³-hybridized carbons (Fsp3) is 0.375. The number of halogens is 1. The van der Waals surface area contributed by atoms with Gasteiger partial charge in [0.1, 0.15) is 12.4 Å². The number of likely N-dealkylation sites (tertiary alicyclic amines) is 1. The second-order valence-electron chi connectivity index (χ2n) is 10.3. The van der Waals surface area contributed by atoms with Crippen molar-refractivity contribution in [3.05, 3.63) is 88.4 Å². The van der Waals surface area contributed by atoms with Gasteiger partial charge < -0.3 is 14.4 Å². The van der Waals surface area contributed by atoms with Gasteiger partial charge in [0.25, 0.3) is 0 Å². The average Bonchev–Trinajstić information content (AvgIpc) is 3.52. The fourth-order valence-corrected chi connectivity index (χ4v) is 7.55. The highest BCUT2D eigenvalue weighted by atomic mass is 35.5. The van der Waals surface area contributed by atoms with E-state index in [-0.39, 0.29) is 5.97 Å². The number of piperidine rings is 1. The summed E-state index contributed by atoms with van der Waals surface area (Å²) in [5.74, 6) is 1.77. The van der Waals surface area contributed by atoms with Gasteiger partial charge in [0.2, 0.25) is 0 Å². The lowest BCUT2D eigenvalue weighted by molar-refractivity contribution is -0.161. The highest BCUT2D eigenvalue weighted by molar-refractivity contribution is 8.01. The van der Waals surface area contributed by atoms with Crippen LogP contribution in [0.1, 0.15) is 36.8 Å². The number of pyridine rings is 1. The van der Waals surface area contributed by atoms with Crippen LogP contribution in [-0.2, 0) is 22.6 Å². The first-order chi connectivity index (χ1) is 19.6. The van der Waals surface area contributed by atoms with E-state index in [1.165, 1.54) is 4.21 Å². The first kappa shape index (κ1) is 28.9. The second-order valence-corrected chi connectivity index (χ2v) is 13.0. The lowest BCUT2D eigenvalue weighted by Gasteiger charge is -2.40. The largest absolute Gasteiger partial charge is 0.497 e.